The number of aromatic nitrogens is 6. The van der Waals surface area contributed by atoms with Crippen LogP contribution in [0.1, 0.15) is 7.79 Å². The summed E-state index contributed by atoms with van der Waals surface area (Å²) < 4.78 is 92.1. The number of ether oxygens (including phenoxy) is 2. The van der Waals surface area contributed by atoms with Gasteiger partial charge in [-0.25, -0.2) is 31.1 Å². The highest BCUT2D eigenvalue weighted by Gasteiger charge is 2.47. The van der Waals surface area contributed by atoms with Gasteiger partial charge in [-0.1, -0.05) is 11.3 Å². The first-order valence-corrected chi connectivity index (χ1v) is 11.8. The van der Waals surface area contributed by atoms with E-state index >= 15 is 13.2 Å². The maximum Gasteiger partial charge on any atom is 0.280 e. The molecular weight excluding hydrogens is 515 g/mol. The van der Waals surface area contributed by atoms with E-state index in [-0.39, 0.29) is 54.6 Å². The molecule has 15 heteroatoms. The third-order valence-electron chi connectivity index (χ3n) is 6.75. The summed E-state index contributed by atoms with van der Waals surface area (Å²) in [5.41, 5.74) is 1.10. The van der Waals surface area contributed by atoms with Gasteiger partial charge in [0.05, 0.1) is 57.6 Å². The molecule has 1 unspecified atom stereocenters. The van der Waals surface area contributed by atoms with E-state index < -0.39 is 43.3 Å². The predicted octanol–water partition coefficient (Wildman–Crippen LogP) is 3.07. The van der Waals surface area contributed by atoms with Gasteiger partial charge in [-0.3, -0.25) is 4.90 Å². The van der Waals surface area contributed by atoms with Gasteiger partial charge in [-0.15, -0.1) is 10.2 Å². The molecule has 0 amide bonds. The average Bonchev–Trinajstić information content (AvgIpc) is 3.41. The number of anilines is 1. The zero-order chi connectivity index (χ0) is 27.5. The smallest absolute Gasteiger partial charge is 0.280 e. The quantitative estimate of drug-likeness (QED) is 0.358. The van der Waals surface area contributed by atoms with E-state index in [0.717, 1.165) is 15.4 Å². The Bertz CT molecular complexity index is 1540. The molecule has 202 valence electrons. The molecular formula is C23H23F5N8O2. The van der Waals surface area contributed by atoms with Crippen LogP contribution in [0, 0.1) is 5.82 Å². The van der Waals surface area contributed by atoms with Gasteiger partial charge in [0.15, 0.2) is 5.82 Å². The fourth-order valence-electron chi connectivity index (χ4n) is 4.80. The summed E-state index contributed by atoms with van der Waals surface area (Å²) in [6.45, 7) is -0.893. The van der Waals surface area contributed by atoms with Gasteiger partial charge in [0, 0.05) is 6.54 Å². The topological polar surface area (TPSA) is 94.6 Å². The summed E-state index contributed by atoms with van der Waals surface area (Å²) in [6, 6.07) is 2.07. The van der Waals surface area contributed by atoms with Crippen molar-refractivity contribution < 1.29 is 32.8 Å². The second-order valence-electron chi connectivity index (χ2n) is 9.18. The Hall–Kier alpha value is -3.59. The Kier molecular flexibility index (Phi) is 5.76. The van der Waals surface area contributed by atoms with Crippen LogP contribution >= 0.6 is 0 Å². The van der Waals surface area contributed by atoms with Crippen LogP contribution in [0.25, 0.3) is 27.7 Å². The first kappa shape index (κ1) is 23.5. The molecule has 0 saturated carbocycles. The van der Waals surface area contributed by atoms with Gasteiger partial charge in [0.25, 0.3) is 12.3 Å². The lowest BCUT2D eigenvalue weighted by atomic mass is 9.98. The lowest BCUT2D eigenvalue weighted by molar-refractivity contribution is -0.131. The number of hydrogen-bond donors (Lipinski definition) is 1. The van der Waals surface area contributed by atoms with Crippen molar-refractivity contribution in [2.45, 2.75) is 37.4 Å². The Morgan fingerprint density at radius 1 is 1.32 bits per heavy atom. The molecule has 1 N–H and O–H groups in total. The maximum atomic E-state index is 15.3. The minimum absolute atomic E-state index is 0.0168. The van der Waals surface area contributed by atoms with Crippen LogP contribution in [0.4, 0.5) is 27.9 Å². The van der Waals surface area contributed by atoms with E-state index in [1.807, 2.05) is 0 Å². The summed E-state index contributed by atoms with van der Waals surface area (Å²) >= 11 is 0. The molecule has 5 heterocycles. The van der Waals surface area contributed by atoms with Crippen molar-refractivity contribution in [2.75, 3.05) is 38.7 Å². The predicted molar refractivity (Wildman–Crippen MR) is 125 cm³/mol. The summed E-state index contributed by atoms with van der Waals surface area (Å²) in [7, 11) is 1.30. The molecule has 2 aliphatic heterocycles. The summed E-state index contributed by atoms with van der Waals surface area (Å²) in [5.74, 6) is -4.19. The molecule has 1 atom stereocenters. The van der Waals surface area contributed by atoms with E-state index in [1.54, 1.807) is 6.07 Å². The number of alkyl halides is 4. The molecule has 0 bridgehead atoms. The molecule has 10 nitrogen and oxygen atoms in total. The van der Waals surface area contributed by atoms with Crippen molar-refractivity contribution >= 4 is 22.5 Å². The number of piperidine rings is 1. The highest BCUT2D eigenvalue weighted by atomic mass is 19.3. The monoisotopic (exact) mass is 539 g/mol. The first-order valence-electron chi connectivity index (χ1n) is 12.3. The fourth-order valence-corrected chi connectivity index (χ4v) is 4.80. The fraction of sp³-hybridized carbons (Fsp3) is 0.478. The Morgan fingerprint density at radius 3 is 2.82 bits per heavy atom. The third kappa shape index (κ3) is 4.28. The Labute approximate surface area is 213 Å². The van der Waals surface area contributed by atoms with E-state index in [2.05, 4.69) is 25.7 Å². The minimum Gasteiger partial charge on any atom is -0.479 e. The molecule has 3 aromatic heterocycles. The molecule has 0 aliphatic carbocycles. The Balaban J connectivity index is 1.32. The van der Waals surface area contributed by atoms with Crippen LogP contribution in [0.2, 0.25) is 0 Å². The van der Waals surface area contributed by atoms with E-state index in [1.165, 1.54) is 24.1 Å². The van der Waals surface area contributed by atoms with Crippen molar-refractivity contribution in [3.8, 4) is 17.0 Å². The number of halogens is 5. The van der Waals surface area contributed by atoms with Crippen LogP contribution in [-0.4, -0.2) is 92.3 Å². The van der Waals surface area contributed by atoms with E-state index in [9.17, 15) is 8.78 Å². The van der Waals surface area contributed by atoms with Crippen molar-refractivity contribution in [3.63, 3.8) is 0 Å². The minimum atomic E-state index is -3.20. The SMILES string of the molecule is [2H]C1(N2CCC(Nc3nc(OC)c4c(-c5ccc6nnn(CC(F)F)c6c5)c(F)cn4n3)C(F)(F)C2)COC1. The number of nitrogens with one attached hydrogen (secondary N) is 1. The van der Waals surface area contributed by atoms with E-state index in [0.29, 0.717) is 11.1 Å². The number of rotatable bonds is 7. The van der Waals surface area contributed by atoms with Gasteiger partial charge < -0.3 is 14.8 Å². The molecule has 0 radical (unpaired) electrons. The van der Waals surface area contributed by atoms with Gasteiger partial charge in [0.2, 0.25) is 11.8 Å². The second kappa shape index (κ2) is 9.31. The highest BCUT2D eigenvalue weighted by Crippen LogP contribution is 2.36. The van der Waals surface area contributed by atoms with Gasteiger partial charge in [-0.05, 0) is 24.1 Å². The largest absolute Gasteiger partial charge is 0.479 e. The lowest BCUT2D eigenvalue weighted by Crippen LogP contribution is -2.61. The third-order valence-corrected chi connectivity index (χ3v) is 6.75. The average molecular weight is 539 g/mol. The van der Waals surface area contributed by atoms with Crippen molar-refractivity contribution in [1.29, 1.82) is 0 Å². The summed E-state index contributed by atoms with van der Waals surface area (Å²) in [5, 5.41) is 14.4. The second-order valence-corrected chi connectivity index (χ2v) is 9.18. The molecule has 2 fully saturated rings. The molecule has 6 rings (SSSR count). The molecule has 2 saturated heterocycles. The maximum absolute atomic E-state index is 15.3. The zero-order valence-corrected chi connectivity index (χ0v) is 20.0. The standard InChI is InChI=1S/C23H23F5N8O2/c1-37-21-20-19(12-2-3-15-16(6-12)35(33-31-15)8-18(25)26)14(24)7-36(20)32-22(30-21)29-17-4-5-34(11-23(17,27)28)13-9-38-10-13/h2-3,6-7,13,17-18H,4-5,8-11H2,1H3,(H,29,32)/i13D. The van der Waals surface area contributed by atoms with Crippen LogP contribution in [0.5, 0.6) is 5.88 Å². The number of nitrogens with zero attached hydrogens (tertiary/aromatic N) is 7. The van der Waals surface area contributed by atoms with Crippen molar-refractivity contribution in [1.82, 2.24) is 34.5 Å². The van der Waals surface area contributed by atoms with Crippen LogP contribution in [-0.2, 0) is 11.3 Å². The van der Waals surface area contributed by atoms with Crippen molar-refractivity contribution in [3.05, 3.63) is 30.2 Å². The molecule has 2 aliphatic rings. The van der Waals surface area contributed by atoms with Gasteiger partial charge >= 0.3 is 0 Å². The molecule has 1 aromatic carbocycles. The lowest BCUT2D eigenvalue weighted by Gasteiger charge is -2.44. The van der Waals surface area contributed by atoms with Crippen molar-refractivity contribution in [2.24, 2.45) is 0 Å². The number of fused-ring (bicyclic) bond motifs is 2. The molecule has 0 spiro atoms. The first-order chi connectivity index (χ1) is 18.6. The van der Waals surface area contributed by atoms with Gasteiger partial charge in [-0.2, -0.15) is 4.98 Å². The van der Waals surface area contributed by atoms with E-state index in [4.69, 9.17) is 10.8 Å². The number of benzene rings is 1. The van der Waals surface area contributed by atoms with Crippen LogP contribution < -0.4 is 10.1 Å². The molecule has 4 aromatic rings. The van der Waals surface area contributed by atoms with Crippen LogP contribution in [0.3, 0.4) is 0 Å². The summed E-state index contributed by atoms with van der Waals surface area (Å²) in [6.07, 6.45) is -1.59. The summed E-state index contributed by atoms with van der Waals surface area (Å²) in [4.78, 5) is 5.63. The Morgan fingerprint density at radius 2 is 2.13 bits per heavy atom. The normalized spacial score (nSPS) is 21.6. The number of methoxy groups -OCH3 is 1. The number of likely N-dealkylation sites (tertiary alicyclic amines) is 1. The van der Waals surface area contributed by atoms with Crippen LogP contribution in [0.15, 0.2) is 24.4 Å². The molecule has 38 heavy (non-hydrogen) atoms. The number of hydrogen-bond acceptors (Lipinski definition) is 8. The van der Waals surface area contributed by atoms with Gasteiger partial charge in [0.1, 0.15) is 17.6 Å². The zero-order valence-electron chi connectivity index (χ0n) is 21.0. The highest BCUT2D eigenvalue weighted by molar-refractivity contribution is 5.89.